The topological polar surface area (TPSA) is 15.3 Å². The molecule has 0 aromatic rings. The van der Waals surface area contributed by atoms with Gasteiger partial charge in [-0.05, 0) is 27.2 Å². The summed E-state index contributed by atoms with van der Waals surface area (Å²) in [5, 5.41) is 3.50. The first-order valence-corrected chi connectivity index (χ1v) is 5.70. The summed E-state index contributed by atoms with van der Waals surface area (Å²) >= 11 is 0. The molecule has 0 saturated heterocycles. The van der Waals surface area contributed by atoms with Crippen molar-refractivity contribution in [3.63, 3.8) is 0 Å². The first-order chi connectivity index (χ1) is 6.61. The SMILES string of the molecule is C=CCN(CCNC(C)CC)C(C)C. The molecule has 0 amide bonds. The van der Waals surface area contributed by atoms with E-state index in [0.717, 1.165) is 19.6 Å². The number of hydrogen-bond acceptors (Lipinski definition) is 2. The normalized spacial score (nSPS) is 13.6. The fourth-order valence-corrected chi connectivity index (χ4v) is 1.33. The molecule has 0 aliphatic heterocycles. The summed E-state index contributed by atoms with van der Waals surface area (Å²) < 4.78 is 0. The van der Waals surface area contributed by atoms with Crippen LogP contribution in [0.15, 0.2) is 12.7 Å². The zero-order chi connectivity index (χ0) is 11.0. The fraction of sp³-hybridized carbons (Fsp3) is 0.833. The highest BCUT2D eigenvalue weighted by Gasteiger charge is 2.06. The maximum absolute atomic E-state index is 3.78. The van der Waals surface area contributed by atoms with E-state index in [1.165, 1.54) is 6.42 Å². The Morgan fingerprint density at radius 3 is 2.43 bits per heavy atom. The van der Waals surface area contributed by atoms with Crippen LogP contribution in [0.25, 0.3) is 0 Å². The van der Waals surface area contributed by atoms with Gasteiger partial charge < -0.3 is 5.32 Å². The molecule has 0 aliphatic carbocycles. The molecule has 84 valence electrons. The van der Waals surface area contributed by atoms with Gasteiger partial charge >= 0.3 is 0 Å². The van der Waals surface area contributed by atoms with Crippen molar-refractivity contribution in [3.8, 4) is 0 Å². The van der Waals surface area contributed by atoms with E-state index in [2.05, 4.69) is 44.5 Å². The summed E-state index contributed by atoms with van der Waals surface area (Å²) in [6, 6.07) is 1.24. The Bertz CT molecular complexity index is 143. The molecule has 0 aliphatic rings. The van der Waals surface area contributed by atoms with Crippen molar-refractivity contribution in [2.45, 2.75) is 46.2 Å². The summed E-state index contributed by atoms with van der Waals surface area (Å²) in [7, 11) is 0. The predicted octanol–water partition coefficient (Wildman–Crippen LogP) is 2.27. The van der Waals surface area contributed by atoms with Crippen LogP contribution in [0.1, 0.15) is 34.1 Å². The van der Waals surface area contributed by atoms with Gasteiger partial charge in [0.05, 0.1) is 0 Å². The van der Waals surface area contributed by atoms with Crippen LogP contribution in [0, 0.1) is 0 Å². The summed E-state index contributed by atoms with van der Waals surface area (Å²) in [6.07, 6.45) is 3.17. The zero-order valence-corrected chi connectivity index (χ0v) is 10.2. The van der Waals surface area contributed by atoms with Crippen molar-refractivity contribution in [1.82, 2.24) is 10.2 Å². The van der Waals surface area contributed by atoms with Gasteiger partial charge in [0.2, 0.25) is 0 Å². The van der Waals surface area contributed by atoms with Crippen molar-refractivity contribution in [2.75, 3.05) is 19.6 Å². The molecule has 1 N–H and O–H groups in total. The summed E-state index contributed by atoms with van der Waals surface area (Å²) in [5.74, 6) is 0. The van der Waals surface area contributed by atoms with Gasteiger partial charge in [-0.2, -0.15) is 0 Å². The molecule has 0 radical (unpaired) electrons. The smallest absolute Gasteiger partial charge is 0.0163 e. The van der Waals surface area contributed by atoms with Gasteiger partial charge in [-0.25, -0.2) is 0 Å². The van der Waals surface area contributed by atoms with Crippen LogP contribution < -0.4 is 5.32 Å². The molecule has 0 rings (SSSR count). The third kappa shape index (κ3) is 6.17. The number of hydrogen-bond donors (Lipinski definition) is 1. The standard InChI is InChI=1S/C12H26N2/c1-6-9-14(11(3)4)10-8-13-12(5)7-2/h6,11-13H,1,7-10H2,2-5H3. The summed E-state index contributed by atoms with van der Waals surface area (Å²) in [6.45, 7) is 15.8. The van der Waals surface area contributed by atoms with E-state index in [0.29, 0.717) is 12.1 Å². The highest BCUT2D eigenvalue weighted by Crippen LogP contribution is 1.97. The lowest BCUT2D eigenvalue weighted by molar-refractivity contribution is 0.243. The van der Waals surface area contributed by atoms with E-state index in [1.54, 1.807) is 0 Å². The zero-order valence-electron chi connectivity index (χ0n) is 10.2. The van der Waals surface area contributed by atoms with Crippen LogP contribution in [0.5, 0.6) is 0 Å². The second kappa shape index (κ2) is 8.01. The molecule has 0 aromatic carbocycles. The van der Waals surface area contributed by atoms with E-state index < -0.39 is 0 Å². The van der Waals surface area contributed by atoms with Gasteiger partial charge in [-0.15, -0.1) is 6.58 Å². The van der Waals surface area contributed by atoms with Crippen molar-refractivity contribution in [2.24, 2.45) is 0 Å². The number of rotatable bonds is 8. The average Bonchev–Trinajstić information content (AvgIpc) is 2.16. The number of nitrogens with one attached hydrogen (secondary N) is 1. The van der Waals surface area contributed by atoms with Crippen LogP contribution in [0.4, 0.5) is 0 Å². The van der Waals surface area contributed by atoms with Gasteiger partial charge in [0.25, 0.3) is 0 Å². The molecule has 0 saturated carbocycles. The van der Waals surface area contributed by atoms with Gasteiger partial charge in [-0.1, -0.05) is 13.0 Å². The Morgan fingerprint density at radius 2 is 2.00 bits per heavy atom. The second-order valence-electron chi connectivity index (χ2n) is 4.14. The minimum atomic E-state index is 0.603. The Kier molecular flexibility index (Phi) is 7.81. The van der Waals surface area contributed by atoms with Gasteiger partial charge in [0.1, 0.15) is 0 Å². The van der Waals surface area contributed by atoms with Gasteiger partial charge in [0, 0.05) is 31.7 Å². The minimum Gasteiger partial charge on any atom is -0.313 e. The van der Waals surface area contributed by atoms with E-state index in [4.69, 9.17) is 0 Å². The molecule has 0 spiro atoms. The Morgan fingerprint density at radius 1 is 1.36 bits per heavy atom. The molecule has 0 fully saturated rings. The molecule has 0 bridgehead atoms. The molecule has 14 heavy (non-hydrogen) atoms. The molecule has 1 unspecified atom stereocenters. The molecule has 1 atom stereocenters. The maximum Gasteiger partial charge on any atom is 0.0163 e. The first-order valence-electron chi connectivity index (χ1n) is 5.70. The molecule has 0 heterocycles. The lowest BCUT2D eigenvalue weighted by Crippen LogP contribution is -2.39. The second-order valence-corrected chi connectivity index (χ2v) is 4.14. The van der Waals surface area contributed by atoms with Crippen LogP contribution in [-0.4, -0.2) is 36.6 Å². The lowest BCUT2D eigenvalue weighted by Gasteiger charge is -2.25. The minimum absolute atomic E-state index is 0.603. The van der Waals surface area contributed by atoms with Gasteiger partial charge in [0.15, 0.2) is 0 Å². The predicted molar refractivity (Wildman–Crippen MR) is 64.7 cm³/mol. The van der Waals surface area contributed by atoms with E-state index in [9.17, 15) is 0 Å². The third-order valence-electron chi connectivity index (χ3n) is 2.60. The van der Waals surface area contributed by atoms with E-state index in [-0.39, 0.29) is 0 Å². The Labute approximate surface area is 89.4 Å². The highest BCUT2D eigenvalue weighted by molar-refractivity contribution is 4.76. The van der Waals surface area contributed by atoms with Crippen LogP contribution in [0.3, 0.4) is 0 Å². The largest absolute Gasteiger partial charge is 0.313 e. The molecular weight excluding hydrogens is 172 g/mol. The average molecular weight is 198 g/mol. The number of nitrogens with zero attached hydrogens (tertiary/aromatic N) is 1. The van der Waals surface area contributed by atoms with Gasteiger partial charge in [-0.3, -0.25) is 4.90 Å². The first kappa shape index (κ1) is 13.7. The van der Waals surface area contributed by atoms with Crippen LogP contribution in [-0.2, 0) is 0 Å². The molecule has 2 nitrogen and oxygen atoms in total. The van der Waals surface area contributed by atoms with Crippen LogP contribution >= 0.6 is 0 Å². The fourth-order valence-electron chi connectivity index (χ4n) is 1.33. The van der Waals surface area contributed by atoms with E-state index >= 15 is 0 Å². The molecule has 2 heteroatoms. The Hall–Kier alpha value is -0.340. The summed E-state index contributed by atoms with van der Waals surface area (Å²) in [5.41, 5.74) is 0. The molecule has 0 aromatic heterocycles. The maximum atomic E-state index is 3.78. The monoisotopic (exact) mass is 198 g/mol. The van der Waals surface area contributed by atoms with Crippen molar-refractivity contribution >= 4 is 0 Å². The van der Waals surface area contributed by atoms with Crippen molar-refractivity contribution in [3.05, 3.63) is 12.7 Å². The van der Waals surface area contributed by atoms with Crippen molar-refractivity contribution in [1.29, 1.82) is 0 Å². The lowest BCUT2D eigenvalue weighted by atomic mass is 10.2. The molecular formula is C12H26N2. The highest BCUT2D eigenvalue weighted by atomic mass is 15.2. The Balaban J connectivity index is 3.65. The third-order valence-corrected chi connectivity index (χ3v) is 2.60. The van der Waals surface area contributed by atoms with Crippen LogP contribution in [0.2, 0.25) is 0 Å². The quantitative estimate of drug-likeness (QED) is 0.602. The van der Waals surface area contributed by atoms with E-state index in [1.807, 2.05) is 6.08 Å². The summed E-state index contributed by atoms with van der Waals surface area (Å²) in [4.78, 5) is 2.42. The van der Waals surface area contributed by atoms with Crippen molar-refractivity contribution < 1.29 is 0 Å².